The maximum atomic E-state index is 12.5. The van der Waals surface area contributed by atoms with Crippen molar-refractivity contribution in [3.8, 4) is 0 Å². The third-order valence-corrected chi connectivity index (χ3v) is 4.62. The van der Waals surface area contributed by atoms with Gasteiger partial charge >= 0.3 is 5.63 Å². The van der Waals surface area contributed by atoms with Crippen molar-refractivity contribution < 1.29 is 14.0 Å². The Bertz CT molecular complexity index is 1390. The van der Waals surface area contributed by atoms with Gasteiger partial charge in [0.25, 0.3) is 17.4 Å². The summed E-state index contributed by atoms with van der Waals surface area (Å²) >= 11 is 0. The first-order chi connectivity index (χ1) is 15.0. The minimum Gasteiger partial charge on any atom is -0.422 e. The Morgan fingerprint density at radius 2 is 1.55 bits per heavy atom. The number of hydrogen-bond donors (Lipinski definition) is 2. The molecule has 2 heterocycles. The Morgan fingerprint density at radius 1 is 0.839 bits per heavy atom. The second-order valence-electron chi connectivity index (χ2n) is 6.76. The van der Waals surface area contributed by atoms with Gasteiger partial charge < -0.3 is 8.98 Å². The molecule has 2 N–H and O–H groups in total. The maximum Gasteiger partial charge on any atom is 0.349 e. The number of aromatic nitrogens is 1. The number of nitrogens with zero attached hydrogens (tertiary/aromatic N) is 1. The Kier molecular flexibility index (Phi) is 5.44. The molecule has 2 amide bonds. The number of carbonyl (C=O) groups excluding carboxylic acids is 2. The molecular formula is C23H17N3O5. The predicted octanol–water partition coefficient (Wildman–Crippen LogP) is 2.08. The average molecular weight is 415 g/mol. The fourth-order valence-corrected chi connectivity index (χ4v) is 3.04. The summed E-state index contributed by atoms with van der Waals surface area (Å²) in [7, 11) is 0. The van der Waals surface area contributed by atoms with Crippen LogP contribution in [0.3, 0.4) is 0 Å². The second kappa shape index (κ2) is 8.50. The van der Waals surface area contributed by atoms with Crippen LogP contribution in [0.1, 0.15) is 26.3 Å². The number of pyridine rings is 1. The third kappa shape index (κ3) is 4.43. The highest BCUT2D eigenvalue weighted by Crippen LogP contribution is 2.12. The fraction of sp³-hybridized carbons (Fsp3) is 0.0435. The van der Waals surface area contributed by atoms with Gasteiger partial charge in [-0.1, -0.05) is 48.5 Å². The molecule has 0 unspecified atom stereocenters. The third-order valence-electron chi connectivity index (χ3n) is 4.62. The number of para-hydroxylation sites is 1. The van der Waals surface area contributed by atoms with Gasteiger partial charge in [0, 0.05) is 17.6 Å². The number of fused-ring (bicyclic) bond motifs is 1. The van der Waals surface area contributed by atoms with Crippen molar-refractivity contribution in [3.63, 3.8) is 0 Å². The first-order valence-corrected chi connectivity index (χ1v) is 9.39. The van der Waals surface area contributed by atoms with Crippen LogP contribution in [0.5, 0.6) is 0 Å². The molecule has 0 spiro atoms. The van der Waals surface area contributed by atoms with Crippen molar-refractivity contribution in [3.05, 3.63) is 116 Å². The molecule has 154 valence electrons. The first kappa shape index (κ1) is 19.8. The van der Waals surface area contributed by atoms with Crippen LogP contribution in [0.15, 0.2) is 93.0 Å². The van der Waals surface area contributed by atoms with Gasteiger partial charge in [-0.15, -0.1) is 0 Å². The topological polar surface area (TPSA) is 110 Å². The molecule has 4 aromatic rings. The maximum absolute atomic E-state index is 12.5. The van der Waals surface area contributed by atoms with E-state index in [0.29, 0.717) is 17.5 Å². The lowest BCUT2D eigenvalue weighted by Gasteiger charge is -2.10. The van der Waals surface area contributed by atoms with E-state index in [4.69, 9.17) is 4.42 Å². The highest BCUT2D eigenvalue weighted by Gasteiger charge is 2.15. The molecule has 0 aliphatic heterocycles. The number of nitrogens with one attached hydrogen (secondary N) is 2. The van der Waals surface area contributed by atoms with Crippen molar-refractivity contribution >= 4 is 22.8 Å². The smallest absolute Gasteiger partial charge is 0.349 e. The summed E-state index contributed by atoms with van der Waals surface area (Å²) in [6.07, 6.45) is 1.40. The van der Waals surface area contributed by atoms with E-state index >= 15 is 0 Å². The summed E-state index contributed by atoms with van der Waals surface area (Å²) in [4.78, 5) is 49.0. The van der Waals surface area contributed by atoms with Crippen LogP contribution >= 0.6 is 0 Å². The molecule has 0 bridgehead atoms. The lowest BCUT2D eigenvalue weighted by Crippen LogP contribution is -2.43. The lowest BCUT2D eigenvalue weighted by atomic mass is 10.2. The molecule has 0 saturated carbocycles. The lowest BCUT2D eigenvalue weighted by molar-refractivity contribution is 0.0844. The minimum atomic E-state index is -0.818. The fourth-order valence-electron chi connectivity index (χ4n) is 3.04. The van der Waals surface area contributed by atoms with Crippen LogP contribution < -0.4 is 22.0 Å². The van der Waals surface area contributed by atoms with E-state index in [1.165, 1.54) is 29.0 Å². The molecule has 0 saturated heterocycles. The van der Waals surface area contributed by atoms with Gasteiger partial charge in [0.2, 0.25) is 0 Å². The molecular weight excluding hydrogens is 398 g/mol. The molecule has 0 radical (unpaired) electrons. The average Bonchev–Trinajstić information content (AvgIpc) is 2.79. The van der Waals surface area contributed by atoms with E-state index in [1.807, 2.05) is 30.3 Å². The van der Waals surface area contributed by atoms with E-state index in [0.717, 1.165) is 5.56 Å². The Labute approximate surface area is 175 Å². The largest absolute Gasteiger partial charge is 0.422 e. The van der Waals surface area contributed by atoms with Crippen molar-refractivity contribution in [2.24, 2.45) is 0 Å². The van der Waals surface area contributed by atoms with Crippen molar-refractivity contribution in [2.75, 3.05) is 0 Å². The highest BCUT2D eigenvalue weighted by molar-refractivity contribution is 6.00. The highest BCUT2D eigenvalue weighted by atomic mass is 16.4. The zero-order chi connectivity index (χ0) is 21.8. The molecule has 8 nitrogen and oxygen atoms in total. The van der Waals surface area contributed by atoms with Gasteiger partial charge in [0.15, 0.2) is 0 Å². The summed E-state index contributed by atoms with van der Waals surface area (Å²) in [5.74, 6) is -1.45. The molecule has 2 aromatic heterocycles. The van der Waals surface area contributed by atoms with Gasteiger partial charge in [0.05, 0.1) is 12.1 Å². The minimum absolute atomic E-state index is 0.168. The molecule has 0 aliphatic rings. The number of carbonyl (C=O) groups is 2. The molecule has 4 rings (SSSR count). The Hall–Kier alpha value is -4.46. The monoisotopic (exact) mass is 415 g/mol. The summed E-state index contributed by atoms with van der Waals surface area (Å²) in [6, 6.07) is 20.1. The van der Waals surface area contributed by atoms with Crippen LogP contribution in [-0.4, -0.2) is 16.4 Å². The number of benzene rings is 2. The molecule has 31 heavy (non-hydrogen) atoms. The van der Waals surface area contributed by atoms with E-state index in [1.54, 1.807) is 24.3 Å². The quantitative estimate of drug-likeness (QED) is 0.392. The van der Waals surface area contributed by atoms with E-state index in [2.05, 4.69) is 10.9 Å². The number of hydrogen-bond acceptors (Lipinski definition) is 5. The summed E-state index contributed by atoms with van der Waals surface area (Å²) in [5.41, 5.74) is 4.55. The molecule has 0 fully saturated rings. The van der Waals surface area contributed by atoms with Crippen LogP contribution in [0, 0.1) is 0 Å². The standard InChI is InChI=1S/C23H17N3O5/c27-20-11-10-17(14-26(20)13-15-6-2-1-3-7-15)21(28)24-25-22(29)18-12-16-8-4-5-9-19(16)31-23(18)30/h1-12,14H,13H2,(H,24,28)(H,25,29). The van der Waals surface area contributed by atoms with Crippen molar-refractivity contribution in [2.45, 2.75) is 6.54 Å². The number of hydrazine groups is 1. The van der Waals surface area contributed by atoms with Gasteiger partial charge in [-0.3, -0.25) is 25.2 Å². The molecule has 2 aromatic carbocycles. The van der Waals surface area contributed by atoms with Crippen molar-refractivity contribution in [1.29, 1.82) is 0 Å². The molecule has 8 heteroatoms. The van der Waals surface area contributed by atoms with E-state index in [9.17, 15) is 19.2 Å². The normalized spacial score (nSPS) is 10.6. The van der Waals surface area contributed by atoms with Gasteiger partial charge in [0.1, 0.15) is 11.1 Å². The van der Waals surface area contributed by atoms with E-state index in [-0.39, 0.29) is 16.7 Å². The van der Waals surface area contributed by atoms with Crippen LogP contribution in [0.2, 0.25) is 0 Å². The Morgan fingerprint density at radius 3 is 2.35 bits per heavy atom. The SMILES string of the molecule is O=C(NNC(=O)c1cc2ccccc2oc1=O)c1ccc(=O)n(Cc2ccccc2)c1. The zero-order valence-electron chi connectivity index (χ0n) is 16.2. The van der Waals surface area contributed by atoms with Gasteiger partial charge in [-0.25, -0.2) is 4.79 Å². The molecule has 0 atom stereocenters. The summed E-state index contributed by atoms with van der Waals surface area (Å²) < 4.78 is 6.52. The summed E-state index contributed by atoms with van der Waals surface area (Å²) in [5, 5.41) is 0.576. The predicted molar refractivity (Wildman–Crippen MR) is 114 cm³/mol. The van der Waals surface area contributed by atoms with Crippen LogP contribution in [-0.2, 0) is 6.54 Å². The second-order valence-corrected chi connectivity index (χ2v) is 6.76. The summed E-state index contributed by atoms with van der Waals surface area (Å²) in [6.45, 7) is 0.297. The van der Waals surface area contributed by atoms with Crippen molar-refractivity contribution in [1.82, 2.24) is 15.4 Å². The van der Waals surface area contributed by atoms with Crippen LogP contribution in [0.4, 0.5) is 0 Å². The Balaban J connectivity index is 1.48. The van der Waals surface area contributed by atoms with Gasteiger partial charge in [-0.05, 0) is 23.8 Å². The van der Waals surface area contributed by atoms with Crippen LogP contribution in [0.25, 0.3) is 11.0 Å². The first-order valence-electron chi connectivity index (χ1n) is 9.39. The molecule has 0 aliphatic carbocycles. The number of rotatable bonds is 4. The van der Waals surface area contributed by atoms with E-state index < -0.39 is 17.4 Å². The number of amides is 2. The van der Waals surface area contributed by atoms with Gasteiger partial charge in [-0.2, -0.15) is 0 Å². The zero-order valence-corrected chi connectivity index (χ0v) is 16.2.